The van der Waals surface area contributed by atoms with Crippen LogP contribution in [-0.4, -0.2) is 37.6 Å². The Bertz CT molecular complexity index is 1210. The van der Waals surface area contributed by atoms with Crippen LogP contribution in [0.25, 0.3) is 0 Å². The Balaban J connectivity index is 1.42. The zero-order valence-corrected chi connectivity index (χ0v) is 19.6. The van der Waals surface area contributed by atoms with Gasteiger partial charge in [0.05, 0.1) is 17.2 Å². The van der Waals surface area contributed by atoms with E-state index in [0.29, 0.717) is 37.2 Å². The van der Waals surface area contributed by atoms with E-state index in [2.05, 4.69) is 10.6 Å². The van der Waals surface area contributed by atoms with Crippen molar-refractivity contribution < 1.29 is 18.0 Å². The third kappa shape index (κ3) is 5.50. The van der Waals surface area contributed by atoms with Gasteiger partial charge in [-0.2, -0.15) is 4.31 Å². The second-order valence-electron chi connectivity index (χ2n) is 7.84. The van der Waals surface area contributed by atoms with Gasteiger partial charge in [0.1, 0.15) is 4.21 Å². The van der Waals surface area contributed by atoms with Crippen LogP contribution >= 0.6 is 11.3 Å². The van der Waals surface area contributed by atoms with Crippen molar-refractivity contribution >= 4 is 38.9 Å². The molecule has 0 saturated carbocycles. The Morgan fingerprint density at radius 1 is 1.00 bits per heavy atom. The van der Waals surface area contributed by atoms with Gasteiger partial charge in [-0.1, -0.05) is 48.5 Å². The number of anilines is 1. The number of benzene rings is 2. The second kappa shape index (κ2) is 10.3. The number of para-hydroxylation sites is 1. The molecule has 1 fully saturated rings. The van der Waals surface area contributed by atoms with Gasteiger partial charge in [0.25, 0.3) is 15.9 Å². The standard InChI is InChI=1S/C24H25N3O4S2/c28-23(19-10-6-14-27(17-19)33(30,31)22-13-7-15-32-22)26-21-12-5-4-11-20(21)24(29)25-16-18-8-2-1-3-9-18/h1-5,7-9,11-13,15,19H,6,10,14,16-17H2,(H,25,29)(H,26,28)/t19-/m1/s1. The molecule has 1 aliphatic rings. The highest BCUT2D eigenvalue weighted by Crippen LogP contribution is 2.27. The van der Waals surface area contributed by atoms with Crippen molar-refractivity contribution in [2.24, 2.45) is 5.92 Å². The van der Waals surface area contributed by atoms with E-state index in [1.165, 1.54) is 15.6 Å². The molecule has 1 atom stereocenters. The molecule has 0 spiro atoms. The highest BCUT2D eigenvalue weighted by molar-refractivity contribution is 7.91. The van der Waals surface area contributed by atoms with Crippen molar-refractivity contribution in [3.63, 3.8) is 0 Å². The predicted octanol–water partition coefficient (Wildman–Crippen LogP) is 3.72. The SMILES string of the molecule is O=C(NCc1ccccc1)c1ccccc1NC(=O)[C@@H]1CCCN(S(=O)(=O)c2cccs2)C1. The summed E-state index contributed by atoms with van der Waals surface area (Å²) in [5.41, 5.74) is 1.74. The van der Waals surface area contributed by atoms with Gasteiger partial charge in [-0.05, 0) is 42.0 Å². The summed E-state index contributed by atoms with van der Waals surface area (Å²) < 4.78 is 27.4. The number of hydrogen-bond donors (Lipinski definition) is 2. The first kappa shape index (κ1) is 23.2. The van der Waals surface area contributed by atoms with Crippen LogP contribution in [0.4, 0.5) is 5.69 Å². The van der Waals surface area contributed by atoms with Gasteiger partial charge in [-0.3, -0.25) is 9.59 Å². The lowest BCUT2D eigenvalue weighted by atomic mass is 9.98. The highest BCUT2D eigenvalue weighted by Gasteiger charge is 2.34. The Hall–Kier alpha value is -3.01. The van der Waals surface area contributed by atoms with E-state index in [4.69, 9.17) is 0 Å². The van der Waals surface area contributed by atoms with Crippen molar-refractivity contribution in [1.82, 2.24) is 9.62 Å². The summed E-state index contributed by atoms with van der Waals surface area (Å²) in [5.74, 6) is -1.07. The van der Waals surface area contributed by atoms with Gasteiger partial charge in [0, 0.05) is 19.6 Å². The van der Waals surface area contributed by atoms with Crippen LogP contribution in [0.5, 0.6) is 0 Å². The monoisotopic (exact) mass is 483 g/mol. The maximum absolute atomic E-state index is 13.0. The van der Waals surface area contributed by atoms with Crippen LogP contribution in [0.15, 0.2) is 76.3 Å². The lowest BCUT2D eigenvalue weighted by molar-refractivity contribution is -0.120. The molecular formula is C24H25N3O4S2. The summed E-state index contributed by atoms with van der Waals surface area (Å²) in [6.07, 6.45) is 1.19. The molecule has 0 aliphatic carbocycles. The summed E-state index contributed by atoms with van der Waals surface area (Å²) in [5, 5.41) is 7.44. The van der Waals surface area contributed by atoms with E-state index in [1.807, 2.05) is 30.3 Å². The molecular weight excluding hydrogens is 458 g/mol. The number of thiophene rings is 1. The molecule has 0 radical (unpaired) electrons. The highest BCUT2D eigenvalue weighted by atomic mass is 32.2. The second-order valence-corrected chi connectivity index (χ2v) is 10.9. The zero-order valence-electron chi connectivity index (χ0n) is 17.9. The number of carbonyl (C=O) groups is 2. The van der Waals surface area contributed by atoms with E-state index in [0.717, 1.165) is 5.56 Å². The third-order valence-corrected chi connectivity index (χ3v) is 8.81. The van der Waals surface area contributed by atoms with Crippen LogP contribution in [0.3, 0.4) is 0 Å². The molecule has 0 unspecified atom stereocenters. The van der Waals surface area contributed by atoms with Crippen LogP contribution in [0, 0.1) is 5.92 Å². The van der Waals surface area contributed by atoms with Gasteiger partial charge in [-0.25, -0.2) is 8.42 Å². The molecule has 2 amide bonds. The first-order valence-corrected chi connectivity index (χ1v) is 13.0. The van der Waals surface area contributed by atoms with E-state index in [1.54, 1.807) is 41.8 Å². The molecule has 33 heavy (non-hydrogen) atoms. The van der Waals surface area contributed by atoms with Crippen molar-refractivity contribution in [2.75, 3.05) is 18.4 Å². The topological polar surface area (TPSA) is 95.6 Å². The van der Waals surface area contributed by atoms with E-state index in [9.17, 15) is 18.0 Å². The maximum atomic E-state index is 13.0. The number of piperidine rings is 1. The Morgan fingerprint density at radius 2 is 1.76 bits per heavy atom. The molecule has 9 heteroatoms. The first-order valence-electron chi connectivity index (χ1n) is 10.7. The molecule has 1 saturated heterocycles. The Kier molecular flexibility index (Phi) is 7.22. The third-order valence-electron chi connectivity index (χ3n) is 5.57. The van der Waals surface area contributed by atoms with Crippen molar-refractivity contribution in [3.8, 4) is 0 Å². The number of carbonyl (C=O) groups excluding carboxylic acids is 2. The maximum Gasteiger partial charge on any atom is 0.253 e. The molecule has 1 aliphatic heterocycles. The van der Waals surface area contributed by atoms with Gasteiger partial charge < -0.3 is 10.6 Å². The average Bonchev–Trinajstić information content (AvgIpc) is 3.40. The van der Waals surface area contributed by atoms with Gasteiger partial charge in [-0.15, -0.1) is 11.3 Å². The van der Waals surface area contributed by atoms with E-state index < -0.39 is 15.9 Å². The van der Waals surface area contributed by atoms with Crippen LogP contribution in [0.2, 0.25) is 0 Å². The fourth-order valence-corrected chi connectivity index (χ4v) is 6.48. The summed E-state index contributed by atoms with van der Waals surface area (Å²) >= 11 is 1.17. The predicted molar refractivity (Wildman–Crippen MR) is 128 cm³/mol. The van der Waals surface area contributed by atoms with Gasteiger partial charge in [0.2, 0.25) is 5.91 Å². The quantitative estimate of drug-likeness (QED) is 0.535. The lowest BCUT2D eigenvalue weighted by Gasteiger charge is -2.31. The van der Waals surface area contributed by atoms with Crippen LogP contribution in [0.1, 0.15) is 28.8 Å². The van der Waals surface area contributed by atoms with Gasteiger partial charge >= 0.3 is 0 Å². The number of rotatable bonds is 7. The molecule has 3 aromatic rings. The molecule has 1 aromatic heterocycles. The Labute approximate surface area is 197 Å². The molecule has 7 nitrogen and oxygen atoms in total. The Morgan fingerprint density at radius 3 is 2.52 bits per heavy atom. The molecule has 2 heterocycles. The first-order chi connectivity index (χ1) is 15.9. The van der Waals surface area contributed by atoms with Crippen LogP contribution in [-0.2, 0) is 21.4 Å². The van der Waals surface area contributed by atoms with Crippen molar-refractivity contribution in [1.29, 1.82) is 0 Å². The summed E-state index contributed by atoms with van der Waals surface area (Å²) in [4.78, 5) is 25.8. The minimum absolute atomic E-state index is 0.119. The largest absolute Gasteiger partial charge is 0.348 e. The minimum Gasteiger partial charge on any atom is -0.348 e. The normalized spacial score (nSPS) is 16.8. The van der Waals surface area contributed by atoms with Crippen LogP contribution < -0.4 is 10.6 Å². The number of hydrogen-bond acceptors (Lipinski definition) is 5. The van der Waals surface area contributed by atoms with Crippen molar-refractivity contribution in [3.05, 3.63) is 83.2 Å². The summed E-state index contributed by atoms with van der Waals surface area (Å²) in [7, 11) is -3.61. The molecule has 4 rings (SSSR count). The summed E-state index contributed by atoms with van der Waals surface area (Å²) in [6, 6.07) is 19.7. The zero-order chi connectivity index (χ0) is 23.3. The lowest BCUT2D eigenvalue weighted by Crippen LogP contribution is -2.43. The average molecular weight is 484 g/mol. The number of sulfonamides is 1. The number of amides is 2. The smallest absolute Gasteiger partial charge is 0.253 e. The van der Waals surface area contributed by atoms with Gasteiger partial charge in [0.15, 0.2) is 0 Å². The number of nitrogens with zero attached hydrogens (tertiary/aromatic N) is 1. The fourth-order valence-electron chi connectivity index (χ4n) is 3.81. The number of nitrogens with one attached hydrogen (secondary N) is 2. The van der Waals surface area contributed by atoms with E-state index in [-0.39, 0.29) is 22.6 Å². The molecule has 2 aromatic carbocycles. The van der Waals surface area contributed by atoms with Crippen molar-refractivity contribution in [2.45, 2.75) is 23.6 Å². The minimum atomic E-state index is -3.61. The fraction of sp³-hybridized carbons (Fsp3) is 0.250. The molecule has 2 N–H and O–H groups in total. The molecule has 0 bridgehead atoms. The van der Waals surface area contributed by atoms with E-state index >= 15 is 0 Å². The molecule has 172 valence electrons. The summed E-state index contributed by atoms with van der Waals surface area (Å²) in [6.45, 7) is 0.886.